The van der Waals surface area contributed by atoms with Crippen molar-refractivity contribution in [3.63, 3.8) is 0 Å². The molecule has 1 N–H and O–H groups in total. The minimum atomic E-state index is -0.233. The van der Waals surface area contributed by atoms with Crippen LogP contribution in [0.3, 0.4) is 0 Å². The van der Waals surface area contributed by atoms with Crippen molar-refractivity contribution in [3.05, 3.63) is 29.8 Å². The summed E-state index contributed by atoms with van der Waals surface area (Å²) in [4.78, 5) is 10.00. The van der Waals surface area contributed by atoms with Gasteiger partial charge in [0.05, 0.1) is 17.1 Å². The lowest BCUT2D eigenvalue weighted by Gasteiger charge is -2.24. The monoisotopic (exact) mass is 235 g/mol. The Morgan fingerprint density at radius 2 is 2.06 bits per heavy atom. The average molecular weight is 235 g/mol. The number of fused-ring (bicyclic) bond motifs is 1. The molecule has 1 aromatic heterocycles. The highest BCUT2D eigenvalue weighted by Crippen LogP contribution is 2.20. The van der Waals surface area contributed by atoms with Crippen LogP contribution in [0.5, 0.6) is 0 Å². The molecule has 0 aliphatic rings. The molecule has 0 saturated carbocycles. The first-order valence-corrected chi connectivity index (χ1v) is 6.05. The summed E-state index contributed by atoms with van der Waals surface area (Å²) < 4.78 is 13.1. The van der Waals surface area contributed by atoms with Gasteiger partial charge < -0.3 is 4.98 Å². The third kappa shape index (κ3) is 2.31. The topological polar surface area (TPSA) is 31.9 Å². The van der Waals surface area contributed by atoms with Crippen LogP contribution in [-0.2, 0) is 0 Å². The largest absolute Gasteiger partial charge is 0.341 e. The maximum atomic E-state index is 13.1. The van der Waals surface area contributed by atoms with Gasteiger partial charge in [0.2, 0.25) is 0 Å². The van der Waals surface area contributed by atoms with Crippen molar-refractivity contribution in [3.8, 4) is 0 Å². The van der Waals surface area contributed by atoms with Crippen LogP contribution in [0, 0.1) is 5.82 Å². The lowest BCUT2D eigenvalue weighted by atomic mass is 10.2. The van der Waals surface area contributed by atoms with E-state index in [0.717, 1.165) is 29.9 Å². The maximum Gasteiger partial charge on any atom is 0.125 e. The average Bonchev–Trinajstić information content (AvgIpc) is 2.73. The summed E-state index contributed by atoms with van der Waals surface area (Å²) in [6.07, 6.45) is 0. The van der Waals surface area contributed by atoms with Crippen LogP contribution in [0.4, 0.5) is 4.39 Å². The van der Waals surface area contributed by atoms with Gasteiger partial charge in [0.1, 0.15) is 11.6 Å². The lowest BCUT2D eigenvalue weighted by molar-refractivity contribution is 0.227. The van der Waals surface area contributed by atoms with Gasteiger partial charge in [-0.1, -0.05) is 13.8 Å². The second-order valence-electron chi connectivity index (χ2n) is 4.18. The number of imidazole rings is 1. The van der Waals surface area contributed by atoms with Gasteiger partial charge in [-0.3, -0.25) is 4.90 Å². The van der Waals surface area contributed by atoms with E-state index in [-0.39, 0.29) is 11.9 Å². The number of hydrogen-bond acceptors (Lipinski definition) is 2. The zero-order valence-electron chi connectivity index (χ0n) is 10.5. The summed E-state index contributed by atoms with van der Waals surface area (Å²) in [5.74, 6) is 0.664. The standard InChI is InChI=1S/C13H18FN3/c1-4-17(5-2)9(3)13-15-11-7-6-10(14)8-12(11)16-13/h6-9H,4-5H2,1-3H3,(H,15,16). The van der Waals surface area contributed by atoms with Crippen LogP contribution in [0.2, 0.25) is 0 Å². The van der Waals surface area contributed by atoms with Gasteiger partial charge in [-0.05, 0) is 38.2 Å². The van der Waals surface area contributed by atoms with Crippen LogP contribution < -0.4 is 0 Å². The van der Waals surface area contributed by atoms with Gasteiger partial charge in [0.25, 0.3) is 0 Å². The first-order valence-electron chi connectivity index (χ1n) is 6.05. The van der Waals surface area contributed by atoms with Gasteiger partial charge in [-0.2, -0.15) is 0 Å². The molecule has 1 heterocycles. The summed E-state index contributed by atoms with van der Waals surface area (Å²) in [5, 5.41) is 0. The highest BCUT2D eigenvalue weighted by Gasteiger charge is 2.16. The number of halogens is 1. The number of rotatable bonds is 4. The predicted molar refractivity (Wildman–Crippen MR) is 67.4 cm³/mol. The number of hydrogen-bond donors (Lipinski definition) is 1. The Morgan fingerprint density at radius 1 is 1.35 bits per heavy atom. The molecule has 92 valence electrons. The van der Waals surface area contributed by atoms with E-state index in [0.29, 0.717) is 0 Å². The van der Waals surface area contributed by atoms with E-state index >= 15 is 0 Å². The summed E-state index contributed by atoms with van der Waals surface area (Å²) in [7, 11) is 0. The quantitative estimate of drug-likeness (QED) is 0.883. The van der Waals surface area contributed by atoms with Crippen LogP contribution in [0.1, 0.15) is 32.6 Å². The van der Waals surface area contributed by atoms with Crippen molar-refractivity contribution in [2.45, 2.75) is 26.8 Å². The smallest absolute Gasteiger partial charge is 0.125 e. The molecule has 0 saturated heterocycles. The molecule has 0 spiro atoms. The van der Waals surface area contributed by atoms with Crippen molar-refractivity contribution < 1.29 is 4.39 Å². The van der Waals surface area contributed by atoms with E-state index in [1.54, 1.807) is 6.07 Å². The minimum Gasteiger partial charge on any atom is -0.341 e. The number of H-pyrrole nitrogens is 1. The van der Waals surface area contributed by atoms with Crippen molar-refractivity contribution in [1.29, 1.82) is 0 Å². The SMILES string of the molecule is CCN(CC)C(C)c1nc2ccc(F)cc2[nH]1. The van der Waals surface area contributed by atoms with Crippen molar-refractivity contribution in [2.75, 3.05) is 13.1 Å². The first kappa shape index (κ1) is 12.0. The van der Waals surface area contributed by atoms with E-state index in [4.69, 9.17) is 0 Å². The van der Waals surface area contributed by atoms with E-state index < -0.39 is 0 Å². The molecule has 0 aliphatic carbocycles. The summed E-state index contributed by atoms with van der Waals surface area (Å²) in [6, 6.07) is 4.86. The zero-order chi connectivity index (χ0) is 12.4. The second-order valence-corrected chi connectivity index (χ2v) is 4.18. The molecule has 17 heavy (non-hydrogen) atoms. The third-order valence-corrected chi connectivity index (χ3v) is 3.22. The molecule has 4 heteroatoms. The summed E-state index contributed by atoms with van der Waals surface area (Å²) in [6.45, 7) is 8.32. The van der Waals surface area contributed by atoms with Crippen LogP contribution in [0.15, 0.2) is 18.2 Å². The fraction of sp³-hybridized carbons (Fsp3) is 0.462. The maximum absolute atomic E-state index is 13.1. The summed E-state index contributed by atoms with van der Waals surface area (Å²) in [5.41, 5.74) is 1.58. The first-order chi connectivity index (χ1) is 8.15. The van der Waals surface area contributed by atoms with Gasteiger partial charge in [-0.25, -0.2) is 9.37 Å². The molecule has 1 unspecified atom stereocenters. The molecule has 0 bridgehead atoms. The molecule has 0 amide bonds. The Kier molecular flexibility index (Phi) is 3.43. The Bertz CT molecular complexity index is 502. The normalized spacial score (nSPS) is 13.5. The van der Waals surface area contributed by atoms with Crippen LogP contribution in [-0.4, -0.2) is 28.0 Å². The highest BCUT2D eigenvalue weighted by atomic mass is 19.1. The van der Waals surface area contributed by atoms with E-state index in [2.05, 4.69) is 35.6 Å². The van der Waals surface area contributed by atoms with Crippen molar-refractivity contribution in [1.82, 2.24) is 14.9 Å². The van der Waals surface area contributed by atoms with Crippen molar-refractivity contribution in [2.24, 2.45) is 0 Å². The molecule has 0 aliphatic heterocycles. The van der Waals surface area contributed by atoms with E-state index in [1.165, 1.54) is 12.1 Å². The number of benzene rings is 1. The molecule has 1 atom stereocenters. The molecule has 3 nitrogen and oxygen atoms in total. The van der Waals surface area contributed by atoms with Gasteiger partial charge in [-0.15, -0.1) is 0 Å². The molecular formula is C13H18FN3. The fourth-order valence-corrected chi connectivity index (χ4v) is 2.14. The summed E-state index contributed by atoms with van der Waals surface area (Å²) >= 11 is 0. The van der Waals surface area contributed by atoms with Gasteiger partial charge >= 0.3 is 0 Å². The van der Waals surface area contributed by atoms with Gasteiger partial charge in [0.15, 0.2) is 0 Å². The number of nitrogens with one attached hydrogen (secondary N) is 1. The Balaban J connectivity index is 2.35. The molecular weight excluding hydrogens is 217 g/mol. The lowest BCUT2D eigenvalue weighted by Crippen LogP contribution is -2.27. The molecule has 2 rings (SSSR count). The van der Waals surface area contributed by atoms with Gasteiger partial charge in [0, 0.05) is 0 Å². The van der Waals surface area contributed by atoms with Crippen molar-refractivity contribution >= 4 is 11.0 Å². The molecule has 1 aromatic carbocycles. The Morgan fingerprint density at radius 3 is 2.71 bits per heavy atom. The number of aromatic amines is 1. The Labute approximate surface area is 101 Å². The molecule has 2 aromatic rings. The number of nitrogens with zero attached hydrogens (tertiary/aromatic N) is 2. The predicted octanol–water partition coefficient (Wildman–Crippen LogP) is 3.10. The van der Waals surface area contributed by atoms with Crippen LogP contribution in [0.25, 0.3) is 11.0 Å². The second kappa shape index (κ2) is 4.84. The molecule has 0 radical (unpaired) electrons. The number of aromatic nitrogens is 2. The minimum absolute atomic E-state index is 0.223. The third-order valence-electron chi connectivity index (χ3n) is 3.22. The Hall–Kier alpha value is -1.42. The zero-order valence-corrected chi connectivity index (χ0v) is 10.5. The van der Waals surface area contributed by atoms with Crippen LogP contribution >= 0.6 is 0 Å². The fourth-order valence-electron chi connectivity index (χ4n) is 2.14. The van der Waals surface area contributed by atoms with E-state index in [9.17, 15) is 4.39 Å². The van der Waals surface area contributed by atoms with E-state index in [1.807, 2.05) is 0 Å². The molecule has 0 fully saturated rings. The highest BCUT2D eigenvalue weighted by molar-refractivity contribution is 5.75.